The molecule has 1 aromatic heterocycles. The van der Waals surface area contributed by atoms with Crippen molar-refractivity contribution >= 4 is 21.7 Å². The molecule has 0 amide bonds. The molecule has 0 atom stereocenters. The Kier molecular flexibility index (Phi) is 4.14. The highest BCUT2D eigenvalue weighted by Crippen LogP contribution is 2.28. The molecule has 3 nitrogen and oxygen atoms in total. The van der Waals surface area contributed by atoms with Crippen molar-refractivity contribution in [3.63, 3.8) is 0 Å². The first-order valence-corrected chi connectivity index (χ1v) is 6.86. The summed E-state index contributed by atoms with van der Waals surface area (Å²) in [6, 6.07) is 4.82. The van der Waals surface area contributed by atoms with Gasteiger partial charge in [-0.2, -0.15) is 0 Å². The van der Waals surface area contributed by atoms with E-state index in [1.165, 1.54) is 12.1 Å². The predicted molar refractivity (Wildman–Crippen MR) is 78.8 cm³/mol. The van der Waals surface area contributed by atoms with E-state index in [2.05, 4.69) is 31.2 Å². The molecular weight excluding hydrogens is 309 g/mol. The first-order valence-electron chi connectivity index (χ1n) is 6.07. The fraction of sp³-hybridized carbons (Fsp3) is 0.286. The monoisotopic (exact) mass is 323 g/mol. The largest absolute Gasteiger partial charge is 0.372 e. The maximum absolute atomic E-state index is 13.5. The third kappa shape index (κ3) is 2.92. The van der Waals surface area contributed by atoms with Crippen LogP contribution in [0.25, 0.3) is 11.4 Å². The molecule has 2 rings (SSSR count). The van der Waals surface area contributed by atoms with Crippen LogP contribution in [-0.2, 0) is 6.42 Å². The van der Waals surface area contributed by atoms with Crippen molar-refractivity contribution in [3.05, 3.63) is 39.7 Å². The summed E-state index contributed by atoms with van der Waals surface area (Å²) in [5.74, 6) is 0.973. The lowest BCUT2D eigenvalue weighted by Crippen LogP contribution is -2.03. The SMILES string of the molecule is CCc1nc(-c2cc(C)cc(F)c2)nc(NC)c1Br. The molecule has 0 bridgehead atoms. The Balaban J connectivity index is 2.61. The maximum atomic E-state index is 13.5. The molecule has 1 heterocycles. The summed E-state index contributed by atoms with van der Waals surface area (Å²) in [7, 11) is 1.80. The fourth-order valence-electron chi connectivity index (χ4n) is 1.89. The molecule has 0 radical (unpaired) electrons. The van der Waals surface area contributed by atoms with E-state index in [-0.39, 0.29) is 5.82 Å². The minimum atomic E-state index is -0.273. The van der Waals surface area contributed by atoms with E-state index in [0.29, 0.717) is 17.2 Å². The van der Waals surface area contributed by atoms with Crippen LogP contribution < -0.4 is 5.32 Å². The molecule has 0 fully saturated rings. The topological polar surface area (TPSA) is 37.8 Å². The van der Waals surface area contributed by atoms with Gasteiger partial charge in [-0.3, -0.25) is 0 Å². The number of hydrogen-bond donors (Lipinski definition) is 1. The fourth-order valence-corrected chi connectivity index (χ4v) is 2.54. The molecule has 0 spiro atoms. The van der Waals surface area contributed by atoms with Crippen LogP contribution in [0.5, 0.6) is 0 Å². The van der Waals surface area contributed by atoms with Gasteiger partial charge in [-0.15, -0.1) is 0 Å². The molecule has 0 saturated heterocycles. The Morgan fingerprint density at radius 2 is 2.00 bits per heavy atom. The van der Waals surface area contributed by atoms with E-state index >= 15 is 0 Å². The summed E-state index contributed by atoms with van der Waals surface area (Å²) in [4.78, 5) is 8.90. The highest BCUT2D eigenvalue weighted by atomic mass is 79.9. The maximum Gasteiger partial charge on any atom is 0.161 e. The number of benzene rings is 1. The van der Waals surface area contributed by atoms with Gasteiger partial charge in [0.2, 0.25) is 0 Å². The molecule has 5 heteroatoms. The first kappa shape index (κ1) is 13.9. The highest BCUT2D eigenvalue weighted by Gasteiger charge is 2.12. The van der Waals surface area contributed by atoms with E-state index in [1.54, 1.807) is 7.05 Å². The average Bonchev–Trinajstić information content (AvgIpc) is 2.37. The van der Waals surface area contributed by atoms with Crippen molar-refractivity contribution in [2.75, 3.05) is 12.4 Å². The zero-order valence-corrected chi connectivity index (χ0v) is 12.7. The normalized spacial score (nSPS) is 10.6. The van der Waals surface area contributed by atoms with Gasteiger partial charge in [0.05, 0.1) is 10.2 Å². The molecule has 0 aliphatic heterocycles. The van der Waals surface area contributed by atoms with E-state index in [9.17, 15) is 4.39 Å². The second kappa shape index (κ2) is 5.65. The Labute approximate surface area is 120 Å². The molecule has 0 aliphatic rings. The minimum absolute atomic E-state index is 0.273. The molecule has 19 heavy (non-hydrogen) atoms. The number of nitrogens with zero attached hydrogens (tertiary/aromatic N) is 2. The number of anilines is 1. The lowest BCUT2D eigenvalue weighted by molar-refractivity contribution is 0.627. The van der Waals surface area contributed by atoms with Gasteiger partial charge in [-0.25, -0.2) is 14.4 Å². The van der Waals surface area contributed by atoms with Crippen LogP contribution in [0.2, 0.25) is 0 Å². The third-order valence-electron chi connectivity index (χ3n) is 2.79. The van der Waals surface area contributed by atoms with Crippen LogP contribution in [0.4, 0.5) is 10.2 Å². The number of halogens is 2. The number of aryl methyl sites for hydroxylation is 2. The van der Waals surface area contributed by atoms with E-state index in [0.717, 1.165) is 22.2 Å². The summed E-state index contributed by atoms with van der Waals surface area (Å²) >= 11 is 3.48. The second-order valence-corrected chi connectivity index (χ2v) is 5.07. The van der Waals surface area contributed by atoms with Crippen LogP contribution in [-0.4, -0.2) is 17.0 Å². The van der Waals surface area contributed by atoms with E-state index in [1.807, 2.05) is 19.9 Å². The molecular formula is C14H15BrFN3. The molecule has 0 unspecified atom stereocenters. The van der Waals surface area contributed by atoms with Crippen molar-refractivity contribution in [3.8, 4) is 11.4 Å². The Hall–Kier alpha value is -1.49. The van der Waals surface area contributed by atoms with Gasteiger partial charge in [-0.05, 0) is 53.0 Å². The number of nitrogens with one attached hydrogen (secondary N) is 1. The van der Waals surface area contributed by atoms with Gasteiger partial charge in [-0.1, -0.05) is 6.92 Å². The lowest BCUT2D eigenvalue weighted by atomic mass is 10.1. The van der Waals surface area contributed by atoms with Crippen molar-refractivity contribution in [1.29, 1.82) is 0 Å². The lowest BCUT2D eigenvalue weighted by Gasteiger charge is -2.10. The molecule has 1 aromatic carbocycles. The minimum Gasteiger partial charge on any atom is -0.372 e. The molecule has 1 N–H and O–H groups in total. The smallest absolute Gasteiger partial charge is 0.161 e. The van der Waals surface area contributed by atoms with E-state index < -0.39 is 0 Å². The zero-order valence-electron chi connectivity index (χ0n) is 11.1. The van der Waals surface area contributed by atoms with Gasteiger partial charge >= 0.3 is 0 Å². The van der Waals surface area contributed by atoms with E-state index in [4.69, 9.17) is 0 Å². The van der Waals surface area contributed by atoms with Crippen LogP contribution in [0.1, 0.15) is 18.2 Å². The summed E-state index contributed by atoms with van der Waals surface area (Å²) in [6.07, 6.45) is 0.777. The molecule has 0 aliphatic carbocycles. The van der Waals surface area contributed by atoms with Crippen LogP contribution in [0.3, 0.4) is 0 Å². The van der Waals surface area contributed by atoms with Gasteiger partial charge in [0.1, 0.15) is 11.6 Å². The summed E-state index contributed by atoms with van der Waals surface area (Å²) in [5.41, 5.74) is 2.44. The summed E-state index contributed by atoms with van der Waals surface area (Å²) in [5, 5.41) is 3.02. The Morgan fingerprint density at radius 1 is 1.26 bits per heavy atom. The van der Waals surface area contributed by atoms with Gasteiger partial charge in [0, 0.05) is 12.6 Å². The molecule has 100 valence electrons. The average molecular weight is 324 g/mol. The second-order valence-electron chi connectivity index (χ2n) is 4.28. The van der Waals surface area contributed by atoms with Crippen molar-refractivity contribution in [2.45, 2.75) is 20.3 Å². The van der Waals surface area contributed by atoms with Gasteiger partial charge in [0.15, 0.2) is 5.82 Å². The predicted octanol–water partition coefficient (Wildman–Crippen LogP) is 3.96. The number of aromatic nitrogens is 2. The highest BCUT2D eigenvalue weighted by molar-refractivity contribution is 9.10. The van der Waals surface area contributed by atoms with Gasteiger partial charge < -0.3 is 5.32 Å². The molecule has 2 aromatic rings. The summed E-state index contributed by atoms with van der Waals surface area (Å²) in [6.45, 7) is 3.87. The van der Waals surface area contributed by atoms with Crippen molar-refractivity contribution in [2.24, 2.45) is 0 Å². The van der Waals surface area contributed by atoms with Gasteiger partial charge in [0.25, 0.3) is 0 Å². The summed E-state index contributed by atoms with van der Waals surface area (Å²) < 4.78 is 14.3. The Morgan fingerprint density at radius 3 is 2.58 bits per heavy atom. The van der Waals surface area contributed by atoms with Crippen LogP contribution in [0, 0.1) is 12.7 Å². The number of hydrogen-bond acceptors (Lipinski definition) is 3. The van der Waals surface area contributed by atoms with Crippen LogP contribution >= 0.6 is 15.9 Å². The standard InChI is InChI=1S/C14H15BrFN3/c1-4-11-12(15)14(17-3)19-13(18-11)9-5-8(2)6-10(16)7-9/h5-7H,4H2,1-3H3,(H,17,18,19). The Bertz CT molecular complexity index is 568. The number of rotatable bonds is 3. The van der Waals surface area contributed by atoms with Crippen molar-refractivity contribution in [1.82, 2.24) is 9.97 Å². The third-order valence-corrected chi connectivity index (χ3v) is 3.63. The van der Waals surface area contributed by atoms with Crippen molar-refractivity contribution < 1.29 is 4.39 Å². The zero-order chi connectivity index (χ0) is 14.0. The van der Waals surface area contributed by atoms with Crippen LogP contribution in [0.15, 0.2) is 22.7 Å². The quantitative estimate of drug-likeness (QED) is 0.929. The molecule has 0 saturated carbocycles. The first-order chi connectivity index (χ1) is 9.05.